The molecule has 1 aromatic heterocycles. The molecule has 0 aliphatic rings. The molecule has 0 saturated carbocycles. The molecule has 1 aromatic rings. The van der Waals surface area contributed by atoms with Gasteiger partial charge in [-0.1, -0.05) is 27.2 Å². The third kappa shape index (κ3) is 4.47. The monoisotopic (exact) mass is 209 g/mol. The Morgan fingerprint density at radius 2 is 2.27 bits per heavy atom. The molecule has 1 heterocycles. The van der Waals surface area contributed by atoms with Crippen molar-refractivity contribution in [2.24, 2.45) is 5.92 Å². The van der Waals surface area contributed by atoms with Gasteiger partial charge < -0.3 is 9.88 Å². The highest BCUT2D eigenvalue weighted by atomic mass is 15.1. The molecule has 0 aliphatic carbocycles. The van der Waals surface area contributed by atoms with Gasteiger partial charge in [0.1, 0.15) is 5.82 Å². The zero-order valence-electron chi connectivity index (χ0n) is 10.2. The average Bonchev–Trinajstić information content (AvgIpc) is 2.62. The van der Waals surface area contributed by atoms with Gasteiger partial charge in [-0.3, -0.25) is 0 Å². The molecule has 0 saturated heterocycles. The molecule has 3 nitrogen and oxygen atoms in total. The van der Waals surface area contributed by atoms with Crippen molar-refractivity contribution in [2.45, 2.75) is 46.7 Å². The van der Waals surface area contributed by atoms with Crippen molar-refractivity contribution >= 4 is 0 Å². The molecule has 86 valence electrons. The topological polar surface area (TPSA) is 29.9 Å². The molecule has 0 fully saturated rings. The molecule has 0 unspecified atom stereocenters. The lowest BCUT2D eigenvalue weighted by atomic mass is 10.2. The van der Waals surface area contributed by atoms with E-state index in [2.05, 4.69) is 41.8 Å². The normalized spacial score (nSPS) is 11.2. The van der Waals surface area contributed by atoms with Crippen LogP contribution in [0.25, 0.3) is 0 Å². The first kappa shape index (κ1) is 12.2. The molecule has 1 rings (SSSR count). The number of rotatable bonds is 7. The Hall–Kier alpha value is -0.830. The first-order valence-electron chi connectivity index (χ1n) is 5.94. The second kappa shape index (κ2) is 6.62. The summed E-state index contributed by atoms with van der Waals surface area (Å²) in [5.41, 5.74) is 0. The number of nitrogens with zero attached hydrogens (tertiary/aromatic N) is 2. The molecule has 0 bridgehead atoms. The van der Waals surface area contributed by atoms with E-state index in [9.17, 15) is 0 Å². The fraction of sp³-hybridized carbons (Fsp3) is 0.750. The summed E-state index contributed by atoms with van der Waals surface area (Å²) in [6.45, 7) is 9.69. The van der Waals surface area contributed by atoms with Crippen LogP contribution in [0.5, 0.6) is 0 Å². The predicted octanol–water partition coefficient (Wildman–Crippen LogP) is 2.43. The Kier molecular flexibility index (Phi) is 5.40. The molecule has 0 aliphatic heterocycles. The van der Waals surface area contributed by atoms with Crippen LogP contribution >= 0.6 is 0 Å². The van der Waals surface area contributed by atoms with Crippen LogP contribution in [0.15, 0.2) is 12.4 Å². The van der Waals surface area contributed by atoms with Gasteiger partial charge in [0, 0.05) is 18.9 Å². The molecule has 0 spiro atoms. The lowest BCUT2D eigenvalue weighted by molar-refractivity contribution is 0.521. The average molecular weight is 209 g/mol. The zero-order valence-corrected chi connectivity index (χ0v) is 10.2. The summed E-state index contributed by atoms with van der Waals surface area (Å²) in [6.07, 6.45) is 6.43. The van der Waals surface area contributed by atoms with Gasteiger partial charge in [-0.25, -0.2) is 4.98 Å². The van der Waals surface area contributed by atoms with Gasteiger partial charge in [0.05, 0.1) is 6.54 Å². The Morgan fingerprint density at radius 3 is 2.93 bits per heavy atom. The van der Waals surface area contributed by atoms with E-state index in [-0.39, 0.29) is 0 Å². The van der Waals surface area contributed by atoms with Gasteiger partial charge in [0.25, 0.3) is 0 Å². The van der Waals surface area contributed by atoms with E-state index in [1.165, 1.54) is 12.8 Å². The maximum absolute atomic E-state index is 4.37. The summed E-state index contributed by atoms with van der Waals surface area (Å²) in [4.78, 5) is 4.37. The van der Waals surface area contributed by atoms with E-state index in [0.29, 0.717) is 5.92 Å². The molecular weight excluding hydrogens is 186 g/mol. The second-order valence-electron chi connectivity index (χ2n) is 4.42. The largest absolute Gasteiger partial charge is 0.334 e. The summed E-state index contributed by atoms with van der Waals surface area (Å²) in [5, 5.41) is 3.42. The number of hydrogen-bond acceptors (Lipinski definition) is 2. The third-order valence-electron chi connectivity index (χ3n) is 2.39. The van der Waals surface area contributed by atoms with E-state index >= 15 is 0 Å². The minimum Gasteiger partial charge on any atom is -0.334 e. The van der Waals surface area contributed by atoms with Crippen molar-refractivity contribution in [2.75, 3.05) is 6.54 Å². The van der Waals surface area contributed by atoms with Crippen LogP contribution < -0.4 is 5.32 Å². The number of aromatic nitrogens is 2. The van der Waals surface area contributed by atoms with Gasteiger partial charge in [-0.05, 0) is 18.9 Å². The Morgan fingerprint density at radius 1 is 1.47 bits per heavy atom. The van der Waals surface area contributed by atoms with Crippen molar-refractivity contribution in [1.82, 2.24) is 14.9 Å². The Labute approximate surface area is 92.9 Å². The molecule has 3 heteroatoms. The number of nitrogens with one attached hydrogen (secondary N) is 1. The standard InChI is InChI=1S/C12H23N3/c1-4-5-7-15-8-6-14-12(15)10-13-9-11(2)3/h6,8,11,13H,4-5,7,9-10H2,1-3H3. The first-order chi connectivity index (χ1) is 7.24. The molecule has 0 radical (unpaired) electrons. The van der Waals surface area contributed by atoms with Crippen LogP contribution in [0.3, 0.4) is 0 Å². The molecule has 0 aromatic carbocycles. The van der Waals surface area contributed by atoms with E-state index in [1.807, 2.05) is 6.20 Å². The van der Waals surface area contributed by atoms with Crippen LogP contribution in [0.2, 0.25) is 0 Å². The second-order valence-corrected chi connectivity index (χ2v) is 4.42. The number of aryl methyl sites for hydroxylation is 1. The fourth-order valence-electron chi connectivity index (χ4n) is 1.51. The van der Waals surface area contributed by atoms with E-state index in [4.69, 9.17) is 0 Å². The highest BCUT2D eigenvalue weighted by Crippen LogP contribution is 2.01. The maximum atomic E-state index is 4.37. The lowest BCUT2D eigenvalue weighted by Gasteiger charge is -2.09. The highest BCUT2D eigenvalue weighted by Gasteiger charge is 2.01. The maximum Gasteiger partial charge on any atom is 0.122 e. The minimum atomic E-state index is 0.698. The Bertz CT molecular complexity index is 266. The fourth-order valence-corrected chi connectivity index (χ4v) is 1.51. The van der Waals surface area contributed by atoms with Crippen LogP contribution in [0.4, 0.5) is 0 Å². The molecule has 1 N–H and O–H groups in total. The van der Waals surface area contributed by atoms with E-state index in [1.54, 1.807) is 0 Å². The highest BCUT2D eigenvalue weighted by molar-refractivity contribution is 4.91. The quantitative estimate of drug-likeness (QED) is 0.747. The predicted molar refractivity (Wildman–Crippen MR) is 63.7 cm³/mol. The van der Waals surface area contributed by atoms with Crippen LogP contribution in [-0.2, 0) is 13.1 Å². The summed E-state index contributed by atoms with van der Waals surface area (Å²) < 4.78 is 2.25. The molecule has 0 amide bonds. The summed E-state index contributed by atoms with van der Waals surface area (Å²) >= 11 is 0. The number of hydrogen-bond donors (Lipinski definition) is 1. The SMILES string of the molecule is CCCCn1ccnc1CNCC(C)C. The van der Waals surface area contributed by atoms with Crippen molar-refractivity contribution in [1.29, 1.82) is 0 Å². The van der Waals surface area contributed by atoms with E-state index < -0.39 is 0 Å². The van der Waals surface area contributed by atoms with Crippen molar-refractivity contribution in [3.8, 4) is 0 Å². The van der Waals surface area contributed by atoms with Gasteiger partial charge in [0.15, 0.2) is 0 Å². The van der Waals surface area contributed by atoms with E-state index in [0.717, 1.165) is 25.5 Å². The molecule has 0 atom stereocenters. The van der Waals surface area contributed by atoms with Crippen LogP contribution in [0.1, 0.15) is 39.4 Å². The van der Waals surface area contributed by atoms with Gasteiger partial charge in [-0.2, -0.15) is 0 Å². The first-order valence-corrected chi connectivity index (χ1v) is 5.94. The smallest absolute Gasteiger partial charge is 0.122 e. The molecule has 15 heavy (non-hydrogen) atoms. The van der Waals surface area contributed by atoms with Gasteiger partial charge in [0.2, 0.25) is 0 Å². The zero-order chi connectivity index (χ0) is 11.1. The van der Waals surface area contributed by atoms with Gasteiger partial charge in [-0.15, -0.1) is 0 Å². The number of unbranched alkanes of at least 4 members (excludes halogenated alkanes) is 1. The summed E-state index contributed by atoms with van der Waals surface area (Å²) in [7, 11) is 0. The lowest BCUT2D eigenvalue weighted by Crippen LogP contribution is -2.21. The summed E-state index contributed by atoms with van der Waals surface area (Å²) in [6, 6.07) is 0. The number of imidazole rings is 1. The van der Waals surface area contributed by atoms with Crippen molar-refractivity contribution in [3.05, 3.63) is 18.2 Å². The summed E-state index contributed by atoms with van der Waals surface area (Å²) in [5.74, 6) is 1.85. The molecular formula is C12H23N3. The Balaban J connectivity index is 2.35. The third-order valence-corrected chi connectivity index (χ3v) is 2.39. The van der Waals surface area contributed by atoms with Crippen LogP contribution in [0, 0.1) is 5.92 Å². The van der Waals surface area contributed by atoms with Gasteiger partial charge >= 0.3 is 0 Å². The van der Waals surface area contributed by atoms with Crippen molar-refractivity contribution < 1.29 is 0 Å². The minimum absolute atomic E-state index is 0.698. The van der Waals surface area contributed by atoms with Crippen LogP contribution in [-0.4, -0.2) is 16.1 Å². The van der Waals surface area contributed by atoms with Crippen molar-refractivity contribution in [3.63, 3.8) is 0 Å².